The molecule has 0 spiro atoms. The summed E-state index contributed by atoms with van der Waals surface area (Å²) < 4.78 is 14.6. The number of ether oxygens (including phenoxy) is 3. The van der Waals surface area contributed by atoms with E-state index < -0.39 is 18.0 Å². The van der Waals surface area contributed by atoms with E-state index in [9.17, 15) is 14.4 Å². The number of hydrogen-bond donors (Lipinski definition) is 0. The van der Waals surface area contributed by atoms with E-state index >= 15 is 0 Å². The molecule has 0 saturated heterocycles. The van der Waals surface area contributed by atoms with Crippen molar-refractivity contribution in [2.75, 3.05) is 13.7 Å². The Balaban J connectivity index is 2.85. The lowest BCUT2D eigenvalue weighted by atomic mass is 10.0. The maximum Gasteiger partial charge on any atom is 0.359 e. The SMILES string of the molecule is CCOC(=O)C(OC1=CC(C(C)=O)=CCC1)C(=O)OC. The fourth-order valence-corrected chi connectivity index (χ4v) is 1.68. The summed E-state index contributed by atoms with van der Waals surface area (Å²) in [6.45, 7) is 3.20. The van der Waals surface area contributed by atoms with Crippen LogP contribution in [-0.4, -0.2) is 37.5 Å². The molecule has 0 bridgehead atoms. The molecule has 20 heavy (non-hydrogen) atoms. The Bertz CT molecular complexity index is 460. The van der Waals surface area contributed by atoms with E-state index in [1.165, 1.54) is 13.0 Å². The van der Waals surface area contributed by atoms with Gasteiger partial charge in [0.25, 0.3) is 6.10 Å². The Labute approximate surface area is 117 Å². The van der Waals surface area contributed by atoms with Gasteiger partial charge in [-0.3, -0.25) is 4.79 Å². The van der Waals surface area contributed by atoms with Crippen LogP contribution in [0.4, 0.5) is 0 Å². The lowest BCUT2D eigenvalue weighted by Gasteiger charge is -2.19. The zero-order valence-electron chi connectivity index (χ0n) is 11.8. The number of carbonyl (C=O) groups excluding carboxylic acids is 3. The van der Waals surface area contributed by atoms with Crippen molar-refractivity contribution in [2.24, 2.45) is 0 Å². The van der Waals surface area contributed by atoms with Gasteiger partial charge < -0.3 is 14.2 Å². The summed E-state index contributed by atoms with van der Waals surface area (Å²) in [5, 5.41) is 0. The van der Waals surface area contributed by atoms with Gasteiger partial charge in [-0.1, -0.05) is 6.08 Å². The van der Waals surface area contributed by atoms with Gasteiger partial charge in [0.15, 0.2) is 5.78 Å². The molecule has 6 nitrogen and oxygen atoms in total. The molecule has 0 aliphatic heterocycles. The average molecular weight is 282 g/mol. The molecule has 0 N–H and O–H groups in total. The smallest absolute Gasteiger partial charge is 0.359 e. The Morgan fingerprint density at radius 3 is 2.55 bits per heavy atom. The Kier molecular flexibility index (Phi) is 5.96. The van der Waals surface area contributed by atoms with Crippen molar-refractivity contribution in [3.05, 3.63) is 23.5 Å². The van der Waals surface area contributed by atoms with Gasteiger partial charge in [0.2, 0.25) is 0 Å². The minimum atomic E-state index is -1.46. The fraction of sp³-hybridized carbons (Fsp3) is 0.500. The molecular formula is C14H18O6. The first kappa shape index (κ1) is 15.9. The lowest BCUT2D eigenvalue weighted by molar-refractivity contribution is -0.168. The standard InChI is InChI=1S/C14H18O6/c1-4-19-14(17)12(13(16)18-3)20-11-7-5-6-10(8-11)9(2)15/h6,8,12H,4-5,7H2,1-3H3. The fourth-order valence-electron chi connectivity index (χ4n) is 1.68. The second-order valence-corrected chi connectivity index (χ2v) is 4.14. The van der Waals surface area contributed by atoms with Gasteiger partial charge in [0.1, 0.15) is 0 Å². The van der Waals surface area contributed by atoms with E-state index in [0.717, 1.165) is 7.11 Å². The molecule has 0 heterocycles. The molecule has 1 rings (SSSR count). The van der Waals surface area contributed by atoms with Crippen molar-refractivity contribution in [1.82, 2.24) is 0 Å². The Morgan fingerprint density at radius 2 is 2.00 bits per heavy atom. The molecule has 0 aromatic carbocycles. The van der Waals surface area contributed by atoms with Crippen LogP contribution >= 0.6 is 0 Å². The first-order chi connectivity index (χ1) is 9.49. The van der Waals surface area contributed by atoms with Crippen molar-refractivity contribution in [1.29, 1.82) is 0 Å². The predicted molar refractivity (Wildman–Crippen MR) is 69.6 cm³/mol. The highest BCUT2D eigenvalue weighted by atomic mass is 16.6. The summed E-state index contributed by atoms with van der Waals surface area (Å²) in [7, 11) is 1.16. The normalized spacial score (nSPS) is 15.6. The average Bonchev–Trinajstić information content (AvgIpc) is 2.44. The minimum Gasteiger partial charge on any atom is -0.471 e. The lowest BCUT2D eigenvalue weighted by Crippen LogP contribution is -2.35. The third-order valence-electron chi connectivity index (χ3n) is 2.66. The monoisotopic (exact) mass is 282 g/mol. The molecule has 0 radical (unpaired) electrons. The van der Waals surface area contributed by atoms with E-state index in [-0.39, 0.29) is 12.4 Å². The largest absolute Gasteiger partial charge is 0.471 e. The van der Waals surface area contributed by atoms with Crippen LogP contribution in [0.3, 0.4) is 0 Å². The first-order valence-corrected chi connectivity index (χ1v) is 6.32. The molecule has 110 valence electrons. The molecule has 0 amide bonds. The number of esters is 2. The van der Waals surface area contributed by atoms with Crippen molar-refractivity contribution in [3.8, 4) is 0 Å². The van der Waals surface area contributed by atoms with E-state index in [1.54, 1.807) is 13.0 Å². The van der Waals surface area contributed by atoms with Crippen molar-refractivity contribution < 1.29 is 28.6 Å². The van der Waals surface area contributed by atoms with Crippen LogP contribution in [0.15, 0.2) is 23.5 Å². The zero-order chi connectivity index (χ0) is 15.1. The quantitative estimate of drug-likeness (QED) is 0.539. The topological polar surface area (TPSA) is 78.9 Å². The predicted octanol–water partition coefficient (Wildman–Crippen LogP) is 1.30. The maximum absolute atomic E-state index is 11.7. The number of carbonyl (C=O) groups is 3. The highest BCUT2D eigenvalue weighted by Crippen LogP contribution is 2.21. The molecule has 0 aromatic rings. The Hall–Kier alpha value is -2.11. The van der Waals surface area contributed by atoms with Gasteiger partial charge >= 0.3 is 11.9 Å². The van der Waals surface area contributed by atoms with Crippen LogP contribution in [0.1, 0.15) is 26.7 Å². The van der Waals surface area contributed by atoms with E-state index in [0.29, 0.717) is 24.2 Å². The first-order valence-electron chi connectivity index (χ1n) is 6.32. The molecular weight excluding hydrogens is 264 g/mol. The molecule has 1 atom stereocenters. The van der Waals surface area contributed by atoms with Gasteiger partial charge in [-0.2, -0.15) is 0 Å². The highest BCUT2D eigenvalue weighted by Gasteiger charge is 2.32. The Morgan fingerprint density at radius 1 is 1.30 bits per heavy atom. The molecule has 1 aliphatic rings. The third kappa shape index (κ3) is 4.22. The number of hydrogen-bond acceptors (Lipinski definition) is 6. The summed E-state index contributed by atoms with van der Waals surface area (Å²) in [4.78, 5) is 34.5. The van der Waals surface area contributed by atoms with Gasteiger partial charge in [-0.15, -0.1) is 0 Å². The van der Waals surface area contributed by atoms with Crippen LogP contribution in [-0.2, 0) is 28.6 Å². The second kappa shape index (κ2) is 7.47. The summed E-state index contributed by atoms with van der Waals surface area (Å²) >= 11 is 0. The molecule has 0 saturated carbocycles. The third-order valence-corrected chi connectivity index (χ3v) is 2.66. The summed E-state index contributed by atoms with van der Waals surface area (Å²) in [5.74, 6) is -1.35. The van der Waals surface area contributed by atoms with Crippen LogP contribution in [0.2, 0.25) is 0 Å². The number of rotatable bonds is 6. The molecule has 1 aliphatic carbocycles. The van der Waals surface area contributed by atoms with Crippen molar-refractivity contribution in [3.63, 3.8) is 0 Å². The second-order valence-electron chi connectivity index (χ2n) is 4.14. The van der Waals surface area contributed by atoms with E-state index in [4.69, 9.17) is 9.47 Å². The van der Waals surface area contributed by atoms with E-state index in [1.807, 2.05) is 0 Å². The zero-order valence-corrected chi connectivity index (χ0v) is 11.8. The van der Waals surface area contributed by atoms with Crippen molar-refractivity contribution in [2.45, 2.75) is 32.8 Å². The summed E-state index contributed by atoms with van der Waals surface area (Å²) in [6.07, 6.45) is 2.96. The van der Waals surface area contributed by atoms with Gasteiger partial charge in [-0.05, 0) is 26.3 Å². The van der Waals surface area contributed by atoms with Crippen LogP contribution in [0.25, 0.3) is 0 Å². The van der Waals surface area contributed by atoms with E-state index in [2.05, 4.69) is 4.74 Å². The van der Waals surface area contributed by atoms with Crippen molar-refractivity contribution >= 4 is 17.7 Å². The van der Waals surface area contributed by atoms with Crippen LogP contribution in [0, 0.1) is 0 Å². The maximum atomic E-state index is 11.7. The summed E-state index contributed by atoms with van der Waals surface area (Å²) in [6, 6.07) is 0. The van der Waals surface area contributed by atoms with Gasteiger partial charge in [0.05, 0.1) is 19.5 Å². The molecule has 0 aromatic heterocycles. The molecule has 6 heteroatoms. The minimum absolute atomic E-state index is 0.100. The van der Waals surface area contributed by atoms with Crippen LogP contribution < -0.4 is 0 Å². The summed E-state index contributed by atoms with van der Waals surface area (Å²) in [5.41, 5.74) is 0.499. The number of allylic oxidation sites excluding steroid dienone is 4. The number of ketones is 1. The highest BCUT2D eigenvalue weighted by molar-refractivity contribution is 5.98. The van der Waals surface area contributed by atoms with Gasteiger partial charge in [-0.25, -0.2) is 9.59 Å². The number of Topliss-reactive ketones (excluding diaryl/α,β-unsaturated/α-hetero) is 1. The van der Waals surface area contributed by atoms with Crippen LogP contribution in [0.5, 0.6) is 0 Å². The molecule has 1 unspecified atom stereocenters. The molecule has 0 fully saturated rings. The number of methoxy groups -OCH3 is 1. The van der Waals surface area contributed by atoms with Gasteiger partial charge in [0, 0.05) is 12.0 Å².